The topological polar surface area (TPSA) is 93.1 Å². The smallest absolute Gasteiger partial charge is 0.342 e. The van der Waals surface area contributed by atoms with Crippen molar-refractivity contribution >= 4 is 11.9 Å². The van der Waals surface area contributed by atoms with Crippen molar-refractivity contribution in [3.8, 4) is 11.5 Å². The average molecular weight is 316 g/mol. The summed E-state index contributed by atoms with van der Waals surface area (Å²) < 4.78 is 10.1. The van der Waals surface area contributed by atoms with Gasteiger partial charge in [0.15, 0.2) is 0 Å². The van der Waals surface area contributed by atoms with Crippen molar-refractivity contribution in [1.82, 2.24) is 0 Å². The predicted molar refractivity (Wildman–Crippen MR) is 81.4 cm³/mol. The van der Waals surface area contributed by atoms with Crippen LogP contribution >= 0.6 is 0 Å². The zero-order chi connectivity index (χ0) is 16.8. The molecule has 0 aromatic heterocycles. The number of hydrogen-bond donors (Lipinski definition) is 2. The highest BCUT2D eigenvalue weighted by atomic mass is 16.6. The quantitative estimate of drug-likeness (QED) is 0.823. The number of hydrogen-bond acceptors (Lipinski definition) is 6. The number of esters is 2. The van der Waals surface area contributed by atoms with Gasteiger partial charge in [-0.05, 0) is 31.2 Å². The Hall–Kier alpha value is -3.02. The average Bonchev–Trinajstić information content (AvgIpc) is 2.53. The van der Waals surface area contributed by atoms with Crippen LogP contribution in [0.3, 0.4) is 0 Å². The molecule has 120 valence electrons. The summed E-state index contributed by atoms with van der Waals surface area (Å²) in [6.45, 7) is 1.38. The molecule has 0 aliphatic heterocycles. The van der Waals surface area contributed by atoms with Crippen molar-refractivity contribution in [1.29, 1.82) is 0 Å². The van der Waals surface area contributed by atoms with E-state index in [0.717, 1.165) is 0 Å². The van der Waals surface area contributed by atoms with Crippen LogP contribution in [0.2, 0.25) is 0 Å². The van der Waals surface area contributed by atoms with Crippen LogP contribution in [0.5, 0.6) is 11.5 Å². The number of carbonyl (C=O) groups excluding carboxylic acids is 2. The van der Waals surface area contributed by atoms with Crippen molar-refractivity contribution in [2.75, 3.05) is 6.61 Å². The maximum Gasteiger partial charge on any atom is 0.342 e. The molecule has 0 aliphatic rings. The second-order valence-electron chi connectivity index (χ2n) is 4.85. The molecular weight excluding hydrogens is 300 g/mol. The van der Waals surface area contributed by atoms with Crippen molar-refractivity contribution in [2.45, 2.75) is 13.0 Å². The van der Waals surface area contributed by atoms with Gasteiger partial charge in [0.1, 0.15) is 35.3 Å². The molecule has 6 heteroatoms. The first-order chi connectivity index (χ1) is 11.0. The van der Waals surface area contributed by atoms with E-state index >= 15 is 0 Å². The van der Waals surface area contributed by atoms with Crippen molar-refractivity contribution in [3.05, 3.63) is 59.7 Å². The molecule has 0 saturated carbocycles. The fourth-order valence-electron chi connectivity index (χ4n) is 1.84. The van der Waals surface area contributed by atoms with Gasteiger partial charge in [-0.2, -0.15) is 0 Å². The largest absolute Gasteiger partial charge is 0.507 e. The molecule has 0 saturated heterocycles. The predicted octanol–water partition coefficient (Wildman–Crippen LogP) is 2.50. The summed E-state index contributed by atoms with van der Waals surface area (Å²) >= 11 is 0. The third-order valence-electron chi connectivity index (χ3n) is 3.01. The molecule has 0 aliphatic carbocycles. The minimum absolute atomic E-state index is 0.0337. The number of benzene rings is 2. The fraction of sp³-hybridized carbons (Fsp3) is 0.176. The Bertz CT molecular complexity index is 710. The lowest BCUT2D eigenvalue weighted by atomic mass is 10.2. The molecule has 2 N–H and O–H groups in total. The highest BCUT2D eigenvalue weighted by molar-refractivity contribution is 5.93. The molecule has 2 rings (SSSR count). The number of aromatic hydroxyl groups is 2. The van der Waals surface area contributed by atoms with Crippen molar-refractivity contribution in [2.24, 2.45) is 0 Å². The van der Waals surface area contributed by atoms with Crippen LogP contribution in [0, 0.1) is 0 Å². The number of rotatable bonds is 5. The van der Waals surface area contributed by atoms with E-state index in [1.54, 1.807) is 31.2 Å². The van der Waals surface area contributed by atoms with E-state index in [1.807, 2.05) is 0 Å². The number of para-hydroxylation sites is 2. The molecule has 0 amide bonds. The van der Waals surface area contributed by atoms with Crippen LogP contribution in [-0.4, -0.2) is 34.9 Å². The summed E-state index contributed by atoms with van der Waals surface area (Å²) in [5.74, 6) is -1.80. The van der Waals surface area contributed by atoms with Gasteiger partial charge >= 0.3 is 11.9 Å². The van der Waals surface area contributed by atoms with Crippen LogP contribution < -0.4 is 0 Å². The molecule has 0 spiro atoms. The summed E-state index contributed by atoms with van der Waals surface area (Å²) in [5, 5.41) is 19.1. The van der Waals surface area contributed by atoms with Crippen molar-refractivity contribution in [3.63, 3.8) is 0 Å². The molecule has 0 bridgehead atoms. The van der Waals surface area contributed by atoms with Crippen LogP contribution in [0.4, 0.5) is 0 Å². The summed E-state index contributed by atoms with van der Waals surface area (Å²) in [6.07, 6.45) is -0.711. The number of carbonyl (C=O) groups is 2. The minimum Gasteiger partial charge on any atom is -0.507 e. The number of phenols is 2. The lowest BCUT2D eigenvalue weighted by Crippen LogP contribution is -2.22. The van der Waals surface area contributed by atoms with E-state index in [-0.39, 0.29) is 29.2 Å². The molecule has 23 heavy (non-hydrogen) atoms. The molecule has 6 nitrogen and oxygen atoms in total. The van der Waals surface area contributed by atoms with Crippen LogP contribution in [-0.2, 0) is 9.47 Å². The molecule has 1 atom stereocenters. The minimum atomic E-state index is -0.714. The van der Waals surface area contributed by atoms with Gasteiger partial charge < -0.3 is 19.7 Å². The summed E-state index contributed by atoms with van der Waals surface area (Å²) in [4.78, 5) is 23.7. The molecule has 2 aromatic rings. The lowest BCUT2D eigenvalue weighted by Gasteiger charge is -2.14. The fourth-order valence-corrected chi connectivity index (χ4v) is 1.84. The summed E-state index contributed by atoms with van der Waals surface area (Å²) in [6, 6.07) is 12.0. The van der Waals surface area contributed by atoms with E-state index in [0.29, 0.717) is 0 Å². The van der Waals surface area contributed by atoms with Gasteiger partial charge in [-0.25, -0.2) is 9.59 Å². The van der Waals surface area contributed by atoms with E-state index in [2.05, 4.69) is 0 Å². The van der Waals surface area contributed by atoms with E-state index in [1.165, 1.54) is 24.3 Å². The first-order valence-electron chi connectivity index (χ1n) is 6.93. The van der Waals surface area contributed by atoms with Crippen LogP contribution in [0.1, 0.15) is 27.6 Å². The molecule has 0 fully saturated rings. The van der Waals surface area contributed by atoms with E-state index < -0.39 is 18.0 Å². The molecule has 1 unspecified atom stereocenters. The van der Waals surface area contributed by atoms with E-state index in [4.69, 9.17) is 9.47 Å². The Morgan fingerprint density at radius 3 is 1.91 bits per heavy atom. The van der Waals surface area contributed by atoms with Gasteiger partial charge in [0, 0.05) is 0 Å². The standard InChI is InChI=1S/C17H16O6/c1-11(23-17(21)13-7-3-5-9-15(13)19)10-22-16(20)12-6-2-4-8-14(12)18/h2-9,11,18-19H,10H2,1H3. The Morgan fingerprint density at radius 1 is 0.913 bits per heavy atom. The first-order valence-corrected chi connectivity index (χ1v) is 6.93. The van der Waals surface area contributed by atoms with E-state index in [9.17, 15) is 19.8 Å². The molecule has 0 radical (unpaired) electrons. The van der Waals surface area contributed by atoms with Crippen LogP contribution in [0.15, 0.2) is 48.5 Å². The van der Waals surface area contributed by atoms with Gasteiger partial charge in [0.2, 0.25) is 0 Å². The van der Waals surface area contributed by atoms with Gasteiger partial charge in [-0.15, -0.1) is 0 Å². The molecular formula is C17H16O6. The summed E-state index contributed by atoms with van der Waals surface area (Å²) in [5.41, 5.74) is 0.0677. The second-order valence-corrected chi connectivity index (χ2v) is 4.85. The van der Waals surface area contributed by atoms with Gasteiger partial charge in [-0.1, -0.05) is 24.3 Å². The van der Waals surface area contributed by atoms with Crippen molar-refractivity contribution < 1.29 is 29.3 Å². The maximum absolute atomic E-state index is 11.9. The maximum atomic E-state index is 11.9. The monoisotopic (exact) mass is 316 g/mol. The second kappa shape index (κ2) is 7.31. The Labute approximate surface area is 132 Å². The number of ether oxygens (including phenoxy) is 2. The summed E-state index contributed by atoms with van der Waals surface area (Å²) in [7, 11) is 0. The normalized spacial score (nSPS) is 11.5. The Morgan fingerprint density at radius 2 is 1.39 bits per heavy atom. The molecule has 0 heterocycles. The highest BCUT2D eigenvalue weighted by Gasteiger charge is 2.18. The van der Waals surface area contributed by atoms with Gasteiger partial charge in [-0.3, -0.25) is 0 Å². The van der Waals surface area contributed by atoms with Crippen LogP contribution in [0.25, 0.3) is 0 Å². The first kappa shape index (κ1) is 16.4. The zero-order valence-corrected chi connectivity index (χ0v) is 12.4. The van der Waals surface area contributed by atoms with Gasteiger partial charge in [0.05, 0.1) is 0 Å². The highest BCUT2D eigenvalue weighted by Crippen LogP contribution is 2.18. The third kappa shape index (κ3) is 4.23. The third-order valence-corrected chi connectivity index (χ3v) is 3.01. The molecule has 2 aromatic carbocycles. The Balaban J connectivity index is 1.89. The Kier molecular flexibility index (Phi) is 5.19. The lowest BCUT2D eigenvalue weighted by molar-refractivity contribution is 0.00414. The number of phenolic OH excluding ortho intramolecular Hbond substituents is 2. The SMILES string of the molecule is CC(COC(=O)c1ccccc1O)OC(=O)c1ccccc1O. The van der Waals surface area contributed by atoms with Gasteiger partial charge in [0.25, 0.3) is 0 Å². The zero-order valence-electron chi connectivity index (χ0n) is 12.4.